The molecule has 1 aliphatic heterocycles. The molecule has 124 valence electrons. The lowest BCUT2D eigenvalue weighted by atomic mass is 9.97. The summed E-state index contributed by atoms with van der Waals surface area (Å²) in [6.45, 7) is 3.36. The Hall–Kier alpha value is -1.69. The summed E-state index contributed by atoms with van der Waals surface area (Å²) in [5.41, 5.74) is 7.58. The van der Waals surface area contributed by atoms with Crippen molar-refractivity contribution >= 4 is 10.9 Å². The predicted molar refractivity (Wildman–Crippen MR) is 91.5 cm³/mol. The molecule has 3 N–H and O–H groups in total. The second-order valence-corrected chi connectivity index (χ2v) is 6.30. The number of rotatable bonds is 5. The molecule has 1 unspecified atom stereocenters. The molecule has 23 heavy (non-hydrogen) atoms. The van der Waals surface area contributed by atoms with Crippen molar-refractivity contribution in [3.63, 3.8) is 0 Å². The molecule has 0 saturated carbocycles. The molecule has 1 aromatic carbocycles. The van der Waals surface area contributed by atoms with Gasteiger partial charge in [0, 0.05) is 24.7 Å². The number of likely N-dealkylation sites (tertiary alicyclic amines) is 1. The van der Waals surface area contributed by atoms with Gasteiger partial charge in [-0.3, -0.25) is 4.98 Å². The smallest absolute Gasteiger partial charge is 0.119 e. The predicted octanol–water partition coefficient (Wildman–Crippen LogP) is 1.95. The fraction of sp³-hybridized carbons (Fsp3) is 0.500. The number of hydrogen-bond donors (Lipinski definition) is 2. The van der Waals surface area contributed by atoms with Crippen LogP contribution in [0.4, 0.5) is 0 Å². The highest BCUT2D eigenvalue weighted by molar-refractivity contribution is 5.83. The van der Waals surface area contributed by atoms with Crippen molar-refractivity contribution in [3.05, 3.63) is 36.0 Å². The fourth-order valence-electron chi connectivity index (χ4n) is 3.42. The van der Waals surface area contributed by atoms with Crippen molar-refractivity contribution in [2.75, 3.05) is 33.3 Å². The number of nitrogens with two attached hydrogens (primary N) is 1. The number of aliphatic hydroxyl groups excluding tert-OH is 1. The first-order valence-electron chi connectivity index (χ1n) is 8.24. The molecule has 1 fully saturated rings. The first-order valence-corrected chi connectivity index (χ1v) is 8.24. The van der Waals surface area contributed by atoms with Crippen LogP contribution in [0, 0.1) is 5.92 Å². The van der Waals surface area contributed by atoms with E-state index in [1.165, 1.54) is 6.42 Å². The van der Waals surface area contributed by atoms with E-state index in [2.05, 4.69) is 9.88 Å². The van der Waals surface area contributed by atoms with Crippen LogP contribution in [0.5, 0.6) is 5.75 Å². The Balaban J connectivity index is 1.81. The number of fused-ring (bicyclic) bond motifs is 1. The maximum Gasteiger partial charge on any atom is 0.119 e. The molecule has 0 spiro atoms. The van der Waals surface area contributed by atoms with E-state index in [0.29, 0.717) is 12.5 Å². The second-order valence-electron chi connectivity index (χ2n) is 6.30. The number of piperidine rings is 1. The van der Waals surface area contributed by atoms with Crippen molar-refractivity contribution in [2.24, 2.45) is 11.7 Å². The second kappa shape index (κ2) is 7.25. The van der Waals surface area contributed by atoms with E-state index in [0.717, 1.165) is 48.3 Å². The summed E-state index contributed by atoms with van der Waals surface area (Å²) in [4.78, 5) is 6.69. The van der Waals surface area contributed by atoms with Gasteiger partial charge in [0.05, 0.1) is 18.7 Å². The van der Waals surface area contributed by atoms with E-state index in [4.69, 9.17) is 10.5 Å². The Morgan fingerprint density at radius 3 is 3.09 bits per heavy atom. The largest absolute Gasteiger partial charge is 0.497 e. The summed E-state index contributed by atoms with van der Waals surface area (Å²) in [5, 5.41) is 11.7. The van der Waals surface area contributed by atoms with E-state index < -0.39 is 6.10 Å². The van der Waals surface area contributed by atoms with Gasteiger partial charge in [0.1, 0.15) is 5.75 Å². The molecule has 5 nitrogen and oxygen atoms in total. The molecule has 0 bridgehead atoms. The number of aromatic nitrogens is 1. The first-order chi connectivity index (χ1) is 11.2. The number of nitrogens with zero attached hydrogens (tertiary/aromatic N) is 2. The summed E-state index contributed by atoms with van der Waals surface area (Å²) in [6.07, 6.45) is 3.56. The van der Waals surface area contributed by atoms with Crippen LogP contribution < -0.4 is 10.5 Å². The average Bonchev–Trinajstić information content (AvgIpc) is 2.60. The summed E-state index contributed by atoms with van der Waals surface area (Å²) < 4.78 is 5.30. The van der Waals surface area contributed by atoms with Gasteiger partial charge in [-0.15, -0.1) is 0 Å². The highest BCUT2D eigenvalue weighted by Gasteiger charge is 2.22. The number of ether oxygens (including phenoxy) is 1. The quantitative estimate of drug-likeness (QED) is 0.882. The number of pyridine rings is 1. The van der Waals surface area contributed by atoms with Gasteiger partial charge in [-0.2, -0.15) is 0 Å². The maximum atomic E-state index is 10.8. The highest BCUT2D eigenvalue weighted by Crippen LogP contribution is 2.28. The molecule has 0 radical (unpaired) electrons. The summed E-state index contributed by atoms with van der Waals surface area (Å²) >= 11 is 0. The minimum absolute atomic E-state index is 0.538. The number of hydrogen-bond acceptors (Lipinski definition) is 5. The summed E-state index contributed by atoms with van der Waals surface area (Å²) in [7, 11) is 1.65. The lowest BCUT2D eigenvalue weighted by Gasteiger charge is -2.33. The van der Waals surface area contributed by atoms with Gasteiger partial charge in [0.25, 0.3) is 0 Å². The Labute approximate surface area is 137 Å². The lowest BCUT2D eigenvalue weighted by Crippen LogP contribution is -2.40. The van der Waals surface area contributed by atoms with Gasteiger partial charge in [0.15, 0.2) is 0 Å². The molecule has 0 aliphatic carbocycles. The molecular weight excluding hydrogens is 290 g/mol. The molecule has 1 saturated heterocycles. The summed E-state index contributed by atoms with van der Waals surface area (Å²) in [6, 6.07) is 7.66. The zero-order valence-corrected chi connectivity index (χ0v) is 13.6. The van der Waals surface area contributed by atoms with Crippen molar-refractivity contribution in [1.82, 2.24) is 9.88 Å². The number of methoxy groups -OCH3 is 1. The molecule has 2 atom stereocenters. The zero-order valence-electron chi connectivity index (χ0n) is 13.6. The lowest BCUT2D eigenvalue weighted by molar-refractivity contribution is 0.0866. The molecule has 3 rings (SSSR count). The third-order valence-electron chi connectivity index (χ3n) is 4.71. The van der Waals surface area contributed by atoms with E-state index in [1.54, 1.807) is 13.3 Å². The van der Waals surface area contributed by atoms with Gasteiger partial charge >= 0.3 is 0 Å². The van der Waals surface area contributed by atoms with Crippen LogP contribution in [0.15, 0.2) is 30.5 Å². The van der Waals surface area contributed by atoms with Crippen LogP contribution >= 0.6 is 0 Å². The number of aliphatic hydroxyl groups is 1. The molecule has 2 heterocycles. The van der Waals surface area contributed by atoms with Crippen LogP contribution in [-0.2, 0) is 0 Å². The van der Waals surface area contributed by atoms with Crippen molar-refractivity contribution in [3.8, 4) is 5.75 Å². The molecule has 2 aromatic rings. The topological polar surface area (TPSA) is 71.6 Å². The van der Waals surface area contributed by atoms with Gasteiger partial charge < -0.3 is 20.5 Å². The minimum Gasteiger partial charge on any atom is -0.497 e. The van der Waals surface area contributed by atoms with E-state index in [1.807, 2.05) is 24.3 Å². The van der Waals surface area contributed by atoms with Gasteiger partial charge in [-0.1, -0.05) is 0 Å². The molecule has 5 heteroatoms. The summed E-state index contributed by atoms with van der Waals surface area (Å²) in [5.74, 6) is 1.32. The van der Waals surface area contributed by atoms with Crippen molar-refractivity contribution in [1.29, 1.82) is 0 Å². The normalized spacial score (nSPS) is 20.6. The molecular formula is C18H25N3O2. The minimum atomic E-state index is -0.538. The molecule has 1 aliphatic rings. The number of benzene rings is 1. The maximum absolute atomic E-state index is 10.8. The Morgan fingerprint density at radius 1 is 1.43 bits per heavy atom. The zero-order chi connectivity index (χ0) is 16.2. The monoisotopic (exact) mass is 315 g/mol. The SMILES string of the molecule is COc1ccc2nccc([C@H](O)CN3CCCC(CN)C3)c2c1. The van der Waals surface area contributed by atoms with Crippen LogP contribution in [0.2, 0.25) is 0 Å². The van der Waals surface area contributed by atoms with Gasteiger partial charge in [-0.25, -0.2) is 0 Å². The van der Waals surface area contributed by atoms with Crippen LogP contribution in [0.3, 0.4) is 0 Å². The van der Waals surface area contributed by atoms with Crippen LogP contribution in [0.25, 0.3) is 10.9 Å². The third kappa shape index (κ3) is 3.63. The highest BCUT2D eigenvalue weighted by atomic mass is 16.5. The Bertz CT molecular complexity index is 662. The third-order valence-corrected chi connectivity index (χ3v) is 4.71. The van der Waals surface area contributed by atoms with Crippen molar-refractivity contribution < 1.29 is 9.84 Å². The number of β-amino-alcohol motifs (C(OH)–C–C–N with tert-alkyl or cyclic N) is 1. The first kappa shape index (κ1) is 16.2. The van der Waals surface area contributed by atoms with Crippen LogP contribution in [-0.4, -0.2) is 48.3 Å². The van der Waals surface area contributed by atoms with Crippen molar-refractivity contribution in [2.45, 2.75) is 18.9 Å². The van der Waals surface area contributed by atoms with Gasteiger partial charge in [-0.05, 0) is 61.7 Å². The van der Waals surface area contributed by atoms with Gasteiger partial charge in [0.2, 0.25) is 0 Å². The molecule has 1 aromatic heterocycles. The Kier molecular flexibility index (Phi) is 5.10. The Morgan fingerprint density at radius 2 is 2.30 bits per heavy atom. The van der Waals surface area contributed by atoms with E-state index in [-0.39, 0.29) is 0 Å². The average molecular weight is 315 g/mol. The standard InChI is InChI=1S/C18H25N3O2/c1-23-14-4-5-17-16(9-14)15(6-7-20-17)18(22)12-21-8-2-3-13(10-19)11-21/h4-7,9,13,18,22H,2-3,8,10-12,19H2,1H3/t13?,18-/m1/s1. The fourth-order valence-corrected chi connectivity index (χ4v) is 3.42. The van der Waals surface area contributed by atoms with E-state index >= 15 is 0 Å². The molecule has 0 amide bonds. The van der Waals surface area contributed by atoms with E-state index in [9.17, 15) is 5.11 Å². The van der Waals surface area contributed by atoms with Crippen LogP contribution in [0.1, 0.15) is 24.5 Å².